The highest BCUT2D eigenvalue weighted by Crippen LogP contribution is 2.34. The standard InChI is InChI=1S/C53H68O12/c1-4-50(54)60-34-12-8-6-10-32-58-44-22-26-46(27-23-44)64-52(56)42-18-14-40(15-19-42)37-62-48-30-31-49(39(3)36-48)63-38-41-16-20-43(21-17-41)53(57)65-47-28-24-45(25-29-47)59-33-11-7-9-13-35-61-51(55)5-2/h4-5,22-31,36,40-43H,1-2,6-21,32-35,37-38H2,3H3. The highest BCUT2D eigenvalue weighted by atomic mass is 16.5. The van der Waals surface area contributed by atoms with Crippen molar-refractivity contribution >= 4 is 23.9 Å². The first kappa shape index (κ1) is 50.2. The minimum atomic E-state index is -0.388. The summed E-state index contributed by atoms with van der Waals surface area (Å²) in [7, 11) is 0. The number of carbonyl (C=O) groups is 4. The molecular formula is C53H68O12. The Morgan fingerprint density at radius 3 is 1.28 bits per heavy atom. The van der Waals surface area contributed by atoms with Crippen molar-refractivity contribution in [3.63, 3.8) is 0 Å². The normalized spacial score (nSPS) is 18.0. The largest absolute Gasteiger partial charge is 0.494 e. The first-order valence-electron chi connectivity index (χ1n) is 23.5. The van der Waals surface area contributed by atoms with Crippen LogP contribution in [0.5, 0.6) is 34.5 Å². The molecular weight excluding hydrogens is 829 g/mol. The molecule has 2 saturated carbocycles. The molecule has 0 bridgehead atoms. The van der Waals surface area contributed by atoms with Gasteiger partial charge in [-0.25, -0.2) is 9.59 Å². The fourth-order valence-corrected chi connectivity index (χ4v) is 7.99. The maximum atomic E-state index is 13.0. The van der Waals surface area contributed by atoms with Crippen LogP contribution in [0.25, 0.3) is 0 Å². The van der Waals surface area contributed by atoms with Gasteiger partial charge in [-0.1, -0.05) is 13.2 Å². The van der Waals surface area contributed by atoms with Crippen LogP contribution in [-0.2, 0) is 28.7 Å². The van der Waals surface area contributed by atoms with Crippen molar-refractivity contribution in [3.05, 3.63) is 97.6 Å². The maximum absolute atomic E-state index is 13.0. The lowest BCUT2D eigenvalue weighted by molar-refractivity contribution is -0.141. The molecule has 0 amide bonds. The van der Waals surface area contributed by atoms with Crippen molar-refractivity contribution in [2.24, 2.45) is 23.7 Å². The second kappa shape index (κ2) is 28.2. The second-order valence-corrected chi connectivity index (χ2v) is 17.0. The van der Waals surface area contributed by atoms with E-state index in [4.69, 9.17) is 37.9 Å². The molecule has 3 aromatic carbocycles. The van der Waals surface area contributed by atoms with E-state index in [0.29, 0.717) is 63.0 Å². The van der Waals surface area contributed by atoms with E-state index in [0.717, 1.165) is 131 Å². The number of benzene rings is 3. The molecule has 2 fully saturated rings. The Kier molecular flexibility index (Phi) is 21.8. The van der Waals surface area contributed by atoms with Gasteiger partial charge < -0.3 is 37.9 Å². The van der Waals surface area contributed by atoms with Crippen molar-refractivity contribution in [1.82, 2.24) is 0 Å². The van der Waals surface area contributed by atoms with Crippen molar-refractivity contribution in [3.8, 4) is 34.5 Å². The van der Waals surface area contributed by atoms with Gasteiger partial charge in [0.25, 0.3) is 0 Å². The molecule has 0 spiro atoms. The summed E-state index contributed by atoms with van der Waals surface area (Å²) in [5, 5.41) is 0. The Labute approximate surface area is 384 Å². The maximum Gasteiger partial charge on any atom is 0.330 e. The van der Waals surface area contributed by atoms with Crippen LogP contribution in [-0.4, -0.2) is 63.5 Å². The van der Waals surface area contributed by atoms with E-state index < -0.39 is 0 Å². The van der Waals surface area contributed by atoms with Crippen molar-refractivity contribution in [2.75, 3.05) is 39.6 Å². The van der Waals surface area contributed by atoms with Crippen LogP contribution >= 0.6 is 0 Å². The molecule has 2 aliphatic rings. The third-order valence-electron chi connectivity index (χ3n) is 12.0. The summed E-state index contributed by atoms with van der Waals surface area (Å²) in [6.07, 6.45) is 16.3. The van der Waals surface area contributed by atoms with E-state index in [2.05, 4.69) is 13.2 Å². The first-order valence-corrected chi connectivity index (χ1v) is 23.5. The zero-order chi connectivity index (χ0) is 46.1. The van der Waals surface area contributed by atoms with Crippen LogP contribution in [0.2, 0.25) is 0 Å². The third kappa shape index (κ3) is 18.7. The third-order valence-corrected chi connectivity index (χ3v) is 12.0. The number of hydrogen-bond acceptors (Lipinski definition) is 12. The van der Waals surface area contributed by atoms with Gasteiger partial charge in [0.05, 0.1) is 51.5 Å². The van der Waals surface area contributed by atoms with E-state index in [9.17, 15) is 19.2 Å². The summed E-state index contributed by atoms with van der Waals surface area (Å²) in [5.74, 6) is 3.48. The van der Waals surface area contributed by atoms with E-state index in [1.54, 1.807) is 24.3 Å². The Balaban J connectivity index is 0.891. The van der Waals surface area contributed by atoms with E-state index in [1.807, 2.05) is 49.4 Å². The quantitative estimate of drug-likeness (QED) is 0.0296. The fourth-order valence-electron chi connectivity index (χ4n) is 7.99. The zero-order valence-corrected chi connectivity index (χ0v) is 38.2. The molecule has 0 heterocycles. The molecule has 12 nitrogen and oxygen atoms in total. The molecule has 0 atom stereocenters. The Hall–Kier alpha value is -5.78. The summed E-state index contributed by atoms with van der Waals surface area (Å²) < 4.78 is 45.5. The molecule has 2 aliphatic carbocycles. The molecule has 0 aliphatic heterocycles. The van der Waals surface area contributed by atoms with Crippen LogP contribution in [0.15, 0.2) is 92.0 Å². The molecule has 3 aromatic rings. The number of rotatable bonds is 28. The van der Waals surface area contributed by atoms with Gasteiger partial charge in [0.1, 0.15) is 34.5 Å². The summed E-state index contributed by atoms with van der Waals surface area (Å²) in [6, 6.07) is 20.3. The number of hydrogen-bond donors (Lipinski definition) is 0. The SMILES string of the molecule is C=CC(=O)OCCCCCCOc1ccc(OC(=O)C2CCC(COc3ccc(OCC4CCC(C(=O)Oc5ccc(OCCCCCCOC(=O)C=C)cc5)CC4)c(C)c3)CC2)cc1. The van der Waals surface area contributed by atoms with Crippen molar-refractivity contribution in [1.29, 1.82) is 0 Å². The van der Waals surface area contributed by atoms with Gasteiger partial charge in [0.15, 0.2) is 0 Å². The van der Waals surface area contributed by atoms with Gasteiger partial charge in [-0.3, -0.25) is 9.59 Å². The van der Waals surface area contributed by atoms with Gasteiger partial charge in [0.2, 0.25) is 0 Å². The van der Waals surface area contributed by atoms with Crippen LogP contribution in [0.4, 0.5) is 0 Å². The van der Waals surface area contributed by atoms with Gasteiger partial charge in [0, 0.05) is 12.2 Å². The van der Waals surface area contributed by atoms with Crippen LogP contribution < -0.4 is 28.4 Å². The van der Waals surface area contributed by atoms with Gasteiger partial charge in [-0.15, -0.1) is 0 Å². The minimum absolute atomic E-state index is 0.127. The average Bonchev–Trinajstić information content (AvgIpc) is 3.33. The Bertz CT molecular complexity index is 1920. The van der Waals surface area contributed by atoms with Crippen LogP contribution in [0, 0.1) is 30.6 Å². The van der Waals surface area contributed by atoms with Gasteiger partial charge >= 0.3 is 23.9 Å². The number of esters is 4. The van der Waals surface area contributed by atoms with E-state index >= 15 is 0 Å². The number of aryl methyl sites for hydroxylation is 1. The molecule has 5 rings (SSSR count). The molecule has 352 valence electrons. The van der Waals surface area contributed by atoms with Gasteiger partial charge in [-0.2, -0.15) is 0 Å². The molecule has 0 unspecified atom stereocenters. The lowest BCUT2D eigenvalue weighted by Gasteiger charge is -2.27. The molecule has 12 heteroatoms. The van der Waals surface area contributed by atoms with Crippen molar-refractivity contribution < 1.29 is 57.1 Å². The zero-order valence-electron chi connectivity index (χ0n) is 38.2. The highest BCUT2D eigenvalue weighted by Gasteiger charge is 2.30. The van der Waals surface area contributed by atoms with Gasteiger partial charge in [-0.05, 0) is 194 Å². The number of ether oxygens (including phenoxy) is 8. The predicted molar refractivity (Wildman–Crippen MR) is 247 cm³/mol. The Morgan fingerprint density at radius 2 is 0.862 bits per heavy atom. The predicted octanol–water partition coefficient (Wildman–Crippen LogP) is 10.9. The molecule has 0 saturated heterocycles. The average molecular weight is 897 g/mol. The monoisotopic (exact) mass is 896 g/mol. The van der Waals surface area contributed by atoms with E-state index in [1.165, 1.54) is 12.2 Å². The Morgan fingerprint density at radius 1 is 0.477 bits per heavy atom. The van der Waals surface area contributed by atoms with E-state index in [-0.39, 0.29) is 35.7 Å². The second-order valence-electron chi connectivity index (χ2n) is 17.0. The summed E-state index contributed by atoms with van der Waals surface area (Å²) in [4.78, 5) is 48.0. The lowest BCUT2D eigenvalue weighted by Crippen LogP contribution is -2.27. The number of unbranched alkanes of at least 4 members (excludes halogenated alkanes) is 6. The lowest BCUT2D eigenvalue weighted by atomic mass is 9.82. The summed E-state index contributed by atoms with van der Waals surface area (Å²) in [5.41, 5.74) is 1.01. The topological polar surface area (TPSA) is 142 Å². The smallest absolute Gasteiger partial charge is 0.330 e. The molecule has 65 heavy (non-hydrogen) atoms. The molecule has 0 aromatic heterocycles. The molecule has 0 N–H and O–H groups in total. The van der Waals surface area contributed by atoms with Crippen LogP contribution in [0.3, 0.4) is 0 Å². The van der Waals surface area contributed by atoms with Crippen LogP contribution in [0.1, 0.15) is 108 Å². The fraction of sp³-hybridized carbons (Fsp3) is 0.509. The van der Waals surface area contributed by atoms with Crippen molar-refractivity contribution in [2.45, 2.75) is 110 Å². The first-order chi connectivity index (χ1) is 31.7. The minimum Gasteiger partial charge on any atom is -0.494 e. The number of carbonyl (C=O) groups excluding carboxylic acids is 4. The molecule has 0 radical (unpaired) electrons. The highest BCUT2D eigenvalue weighted by molar-refractivity contribution is 5.81. The summed E-state index contributed by atoms with van der Waals surface area (Å²) >= 11 is 0. The summed E-state index contributed by atoms with van der Waals surface area (Å²) in [6.45, 7) is 12.0.